The first-order chi connectivity index (χ1) is 6.70. The van der Waals surface area contributed by atoms with Crippen molar-refractivity contribution in [2.75, 3.05) is 0 Å². The van der Waals surface area contributed by atoms with Gasteiger partial charge in [0.2, 0.25) is 0 Å². The van der Waals surface area contributed by atoms with Crippen LogP contribution in [0.15, 0.2) is 24.3 Å². The lowest BCUT2D eigenvalue weighted by molar-refractivity contribution is 0.349. The van der Waals surface area contributed by atoms with Crippen molar-refractivity contribution in [2.24, 2.45) is 0 Å². The van der Waals surface area contributed by atoms with E-state index >= 15 is 0 Å². The Morgan fingerprint density at radius 2 is 2.00 bits per heavy atom. The highest BCUT2D eigenvalue weighted by atomic mass is 79.9. The van der Waals surface area contributed by atoms with E-state index in [0.717, 1.165) is 18.4 Å². The van der Waals surface area contributed by atoms with Crippen LogP contribution in [0.2, 0.25) is 0 Å². The minimum absolute atomic E-state index is 0.180. The maximum atomic E-state index is 11.3. The van der Waals surface area contributed by atoms with Crippen LogP contribution in [0.1, 0.15) is 31.7 Å². The Hall–Kier alpha value is -0.500. The van der Waals surface area contributed by atoms with Crippen molar-refractivity contribution in [3.63, 3.8) is 0 Å². The van der Waals surface area contributed by atoms with Crippen molar-refractivity contribution in [1.82, 2.24) is 0 Å². The topological polar surface area (TPSA) is 19.9 Å². The molecule has 1 atom stereocenters. The van der Waals surface area contributed by atoms with E-state index in [2.05, 4.69) is 22.9 Å². The van der Waals surface area contributed by atoms with Crippen LogP contribution in [0.3, 0.4) is 0 Å². The number of rotatable bonds is 5. The number of alkyl halides is 1. The third-order valence-electron chi connectivity index (χ3n) is 2.27. The van der Waals surface area contributed by atoms with Crippen LogP contribution < -0.4 is 0 Å². The van der Waals surface area contributed by atoms with Gasteiger partial charge in [0.15, 0.2) is 5.75 Å². The molecule has 0 N–H and O–H groups in total. The molecule has 0 amide bonds. The summed E-state index contributed by atoms with van der Waals surface area (Å²) in [7, 11) is 0. The van der Waals surface area contributed by atoms with Gasteiger partial charge in [0.05, 0.1) is 0 Å². The Morgan fingerprint density at radius 1 is 1.29 bits per heavy atom. The molecule has 0 fully saturated rings. The molecule has 1 nitrogen and oxygen atoms in total. The van der Waals surface area contributed by atoms with Gasteiger partial charge in [0.25, 0.3) is 0 Å². The Kier molecular flexibility index (Phi) is 5.02. The number of benzene rings is 1. The van der Waals surface area contributed by atoms with E-state index in [1.807, 2.05) is 12.1 Å². The highest BCUT2D eigenvalue weighted by molar-refractivity contribution is 9.09. The first-order valence-electron chi connectivity index (χ1n) is 5.09. The van der Waals surface area contributed by atoms with E-state index in [0.29, 0.717) is 4.83 Å². The number of aryl methyl sites for hydroxylation is 1. The SMILES string of the molecule is CC(Br)CCCCc1ccccc1[O]. The normalized spacial score (nSPS) is 12.7. The summed E-state index contributed by atoms with van der Waals surface area (Å²) >= 11 is 3.51. The average molecular weight is 256 g/mol. The standard InChI is InChI=1S/C12H16BrO/c1-10(13)6-2-3-7-11-8-4-5-9-12(11)14/h4-5,8-10H,2-3,6-7H2,1H3. The first kappa shape index (κ1) is 11.6. The third-order valence-corrected chi connectivity index (χ3v) is 2.73. The molecule has 0 saturated heterocycles. The molecule has 0 heterocycles. The quantitative estimate of drug-likeness (QED) is 0.552. The minimum Gasteiger partial charge on any atom is -0.290 e. The fraction of sp³-hybridized carbons (Fsp3) is 0.500. The number of halogens is 1. The monoisotopic (exact) mass is 255 g/mol. The number of hydrogen-bond donors (Lipinski definition) is 0. The summed E-state index contributed by atoms with van der Waals surface area (Å²) in [5.74, 6) is 0.180. The predicted octanol–water partition coefficient (Wildman–Crippen LogP) is 4.33. The summed E-state index contributed by atoms with van der Waals surface area (Å²) in [6, 6.07) is 7.30. The molecule has 1 unspecified atom stereocenters. The molecule has 1 aromatic carbocycles. The van der Waals surface area contributed by atoms with Gasteiger partial charge in [-0.05, 0) is 30.9 Å². The number of hydrogen-bond acceptors (Lipinski definition) is 0. The Labute approximate surface area is 94.3 Å². The van der Waals surface area contributed by atoms with Crippen molar-refractivity contribution in [3.8, 4) is 5.75 Å². The molecule has 1 aromatic rings. The van der Waals surface area contributed by atoms with Crippen molar-refractivity contribution < 1.29 is 5.11 Å². The molecule has 0 bridgehead atoms. The molecule has 0 saturated carbocycles. The zero-order valence-electron chi connectivity index (χ0n) is 8.50. The average Bonchev–Trinajstić information content (AvgIpc) is 2.15. The van der Waals surface area contributed by atoms with Gasteiger partial charge < -0.3 is 0 Å². The zero-order valence-corrected chi connectivity index (χ0v) is 10.1. The van der Waals surface area contributed by atoms with Crippen LogP contribution in [0.25, 0.3) is 0 Å². The Balaban J connectivity index is 2.28. The van der Waals surface area contributed by atoms with Crippen molar-refractivity contribution in [2.45, 2.75) is 37.4 Å². The van der Waals surface area contributed by atoms with Gasteiger partial charge in [-0.3, -0.25) is 5.11 Å². The molecule has 1 radical (unpaired) electrons. The molecule has 1 rings (SSSR count). The molecule has 77 valence electrons. The van der Waals surface area contributed by atoms with Gasteiger partial charge in [0, 0.05) is 4.83 Å². The smallest absolute Gasteiger partial charge is 0.181 e. The highest BCUT2D eigenvalue weighted by Crippen LogP contribution is 2.19. The largest absolute Gasteiger partial charge is 0.290 e. The molecular weight excluding hydrogens is 240 g/mol. The van der Waals surface area contributed by atoms with Crippen LogP contribution >= 0.6 is 15.9 Å². The summed E-state index contributed by atoms with van der Waals surface area (Å²) in [6.45, 7) is 2.15. The summed E-state index contributed by atoms with van der Waals surface area (Å²) in [4.78, 5) is 0.588. The lowest BCUT2D eigenvalue weighted by Gasteiger charge is -2.03. The molecule has 0 spiro atoms. The van der Waals surface area contributed by atoms with Crippen LogP contribution in [-0.2, 0) is 11.5 Å². The fourth-order valence-corrected chi connectivity index (χ4v) is 1.78. The van der Waals surface area contributed by atoms with Crippen LogP contribution in [-0.4, -0.2) is 4.83 Å². The van der Waals surface area contributed by atoms with E-state index in [-0.39, 0.29) is 5.75 Å². The van der Waals surface area contributed by atoms with E-state index in [1.165, 1.54) is 12.8 Å². The van der Waals surface area contributed by atoms with Gasteiger partial charge in [0.1, 0.15) is 0 Å². The van der Waals surface area contributed by atoms with Crippen molar-refractivity contribution in [1.29, 1.82) is 0 Å². The van der Waals surface area contributed by atoms with E-state index in [9.17, 15) is 5.11 Å². The molecule has 14 heavy (non-hydrogen) atoms. The van der Waals surface area contributed by atoms with Gasteiger partial charge >= 0.3 is 0 Å². The third kappa shape index (κ3) is 4.14. The number of unbranched alkanes of at least 4 members (excludes halogenated alkanes) is 1. The predicted molar refractivity (Wildman–Crippen MR) is 62.5 cm³/mol. The van der Waals surface area contributed by atoms with Gasteiger partial charge in [-0.2, -0.15) is 0 Å². The number of para-hydroxylation sites is 1. The lowest BCUT2D eigenvalue weighted by atomic mass is 10.1. The van der Waals surface area contributed by atoms with Gasteiger partial charge in [-0.1, -0.05) is 47.5 Å². The summed E-state index contributed by atoms with van der Waals surface area (Å²) in [5, 5.41) is 11.3. The Bertz CT molecular complexity index is 271. The highest BCUT2D eigenvalue weighted by Gasteiger charge is 2.01. The van der Waals surface area contributed by atoms with E-state index in [4.69, 9.17) is 0 Å². The van der Waals surface area contributed by atoms with E-state index < -0.39 is 0 Å². The maximum Gasteiger partial charge on any atom is 0.181 e. The van der Waals surface area contributed by atoms with Crippen LogP contribution in [0.4, 0.5) is 0 Å². The molecule has 0 aliphatic heterocycles. The summed E-state index contributed by atoms with van der Waals surface area (Å²) in [5.41, 5.74) is 0.953. The van der Waals surface area contributed by atoms with E-state index in [1.54, 1.807) is 12.1 Å². The zero-order chi connectivity index (χ0) is 10.4. The second-order valence-corrected chi connectivity index (χ2v) is 5.20. The minimum atomic E-state index is 0.180. The van der Waals surface area contributed by atoms with Crippen molar-refractivity contribution in [3.05, 3.63) is 29.8 Å². The first-order valence-corrected chi connectivity index (χ1v) is 6.00. The van der Waals surface area contributed by atoms with Crippen LogP contribution in [0.5, 0.6) is 5.75 Å². The van der Waals surface area contributed by atoms with Gasteiger partial charge in [-0.15, -0.1) is 0 Å². The Morgan fingerprint density at radius 3 is 2.64 bits per heavy atom. The fourth-order valence-electron chi connectivity index (χ4n) is 1.45. The molecular formula is C12H16BrO. The summed E-state index contributed by atoms with van der Waals surface area (Å²) < 4.78 is 0. The maximum absolute atomic E-state index is 11.3. The van der Waals surface area contributed by atoms with Crippen LogP contribution in [0, 0.1) is 0 Å². The molecule has 0 aromatic heterocycles. The lowest BCUT2D eigenvalue weighted by Crippen LogP contribution is -1.91. The second-order valence-electron chi connectivity index (χ2n) is 3.63. The molecule has 2 heteroatoms. The second kappa shape index (κ2) is 6.07. The molecule has 0 aliphatic rings. The molecule has 0 aliphatic carbocycles. The van der Waals surface area contributed by atoms with Crippen molar-refractivity contribution >= 4 is 15.9 Å². The summed E-state index contributed by atoms with van der Waals surface area (Å²) in [6.07, 6.45) is 4.39. The van der Waals surface area contributed by atoms with Gasteiger partial charge in [-0.25, -0.2) is 0 Å².